The molecule has 1 N–H and O–H groups in total. The summed E-state index contributed by atoms with van der Waals surface area (Å²) in [6, 6.07) is 14.8. The number of nitrogens with one attached hydrogen (secondary N) is 1. The Kier molecular flexibility index (Phi) is 6.45. The summed E-state index contributed by atoms with van der Waals surface area (Å²) in [6.07, 6.45) is 3.05. The molecule has 2 rings (SSSR count). The van der Waals surface area contributed by atoms with Gasteiger partial charge in [-0.15, -0.1) is 0 Å². The fraction of sp³-hybridized carbons (Fsp3) is 0.294. The van der Waals surface area contributed by atoms with Crippen molar-refractivity contribution in [1.29, 1.82) is 0 Å². The molecule has 0 saturated carbocycles. The van der Waals surface area contributed by atoms with Gasteiger partial charge in [0.15, 0.2) is 0 Å². The Morgan fingerprint density at radius 2 is 1.83 bits per heavy atom. The van der Waals surface area contributed by atoms with Crippen LogP contribution in [0.1, 0.15) is 11.3 Å². The van der Waals surface area contributed by atoms with E-state index in [1.165, 1.54) is 4.31 Å². The van der Waals surface area contributed by atoms with Crippen LogP contribution in [-0.4, -0.2) is 43.0 Å². The second-order valence-electron chi connectivity index (χ2n) is 5.43. The van der Waals surface area contributed by atoms with Crippen molar-refractivity contribution < 1.29 is 13.2 Å². The third-order valence-electron chi connectivity index (χ3n) is 3.42. The lowest BCUT2D eigenvalue weighted by atomic mass is 10.1. The molecule has 1 amide bonds. The Morgan fingerprint density at radius 1 is 1.12 bits per heavy atom. The van der Waals surface area contributed by atoms with Crippen molar-refractivity contribution in [2.24, 2.45) is 0 Å². The van der Waals surface area contributed by atoms with E-state index in [2.05, 4.69) is 10.3 Å². The lowest BCUT2D eigenvalue weighted by molar-refractivity contribution is -0.120. The Bertz CT molecular complexity index is 749. The molecule has 0 saturated heterocycles. The Morgan fingerprint density at radius 3 is 2.46 bits per heavy atom. The molecule has 2 aromatic rings. The van der Waals surface area contributed by atoms with Crippen molar-refractivity contribution in [3.63, 3.8) is 0 Å². The SMILES string of the molecule is CS(=O)(=O)N(CCNC(=O)Cc1ccccc1)Cc1ccccn1. The van der Waals surface area contributed by atoms with E-state index in [4.69, 9.17) is 0 Å². The Hall–Kier alpha value is -2.25. The fourth-order valence-electron chi connectivity index (χ4n) is 2.20. The summed E-state index contributed by atoms with van der Waals surface area (Å²) in [5.74, 6) is -0.132. The van der Waals surface area contributed by atoms with Gasteiger partial charge in [-0.05, 0) is 17.7 Å². The number of benzene rings is 1. The van der Waals surface area contributed by atoms with Gasteiger partial charge < -0.3 is 5.32 Å². The van der Waals surface area contributed by atoms with Gasteiger partial charge in [0.05, 0.1) is 24.9 Å². The number of hydrogen-bond acceptors (Lipinski definition) is 4. The summed E-state index contributed by atoms with van der Waals surface area (Å²) in [4.78, 5) is 16.0. The van der Waals surface area contributed by atoms with Gasteiger partial charge in [-0.3, -0.25) is 9.78 Å². The highest BCUT2D eigenvalue weighted by molar-refractivity contribution is 7.88. The maximum Gasteiger partial charge on any atom is 0.224 e. The molecule has 6 nitrogen and oxygen atoms in total. The maximum absolute atomic E-state index is 11.9. The van der Waals surface area contributed by atoms with Gasteiger partial charge in [-0.25, -0.2) is 8.42 Å². The lowest BCUT2D eigenvalue weighted by Crippen LogP contribution is -2.38. The molecule has 0 unspecified atom stereocenters. The van der Waals surface area contributed by atoms with Crippen LogP contribution in [0.2, 0.25) is 0 Å². The smallest absolute Gasteiger partial charge is 0.224 e. The second-order valence-corrected chi connectivity index (χ2v) is 7.41. The number of carbonyl (C=O) groups is 1. The molecule has 0 aliphatic carbocycles. The van der Waals surface area contributed by atoms with Gasteiger partial charge in [0.25, 0.3) is 0 Å². The number of rotatable bonds is 8. The average Bonchev–Trinajstić information content (AvgIpc) is 2.55. The third kappa shape index (κ3) is 6.10. The maximum atomic E-state index is 11.9. The Balaban J connectivity index is 1.86. The minimum atomic E-state index is -3.38. The quantitative estimate of drug-likeness (QED) is 0.778. The number of pyridine rings is 1. The number of nitrogens with zero attached hydrogens (tertiary/aromatic N) is 2. The first-order valence-electron chi connectivity index (χ1n) is 7.61. The van der Waals surface area contributed by atoms with Crippen molar-refractivity contribution in [2.45, 2.75) is 13.0 Å². The van der Waals surface area contributed by atoms with Gasteiger partial charge in [-0.2, -0.15) is 4.31 Å². The lowest BCUT2D eigenvalue weighted by Gasteiger charge is -2.19. The van der Waals surface area contributed by atoms with Crippen molar-refractivity contribution >= 4 is 15.9 Å². The molecule has 0 aliphatic rings. The van der Waals surface area contributed by atoms with Crippen LogP contribution >= 0.6 is 0 Å². The number of carbonyl (C=O) groups excluding carboxylic acids is 1. The van der Waals surface area contributed by atoms with E-state index in [-0.39, 0.29) is 32.0 Å². The van der Waals surface area contributed by atoms with Crippen LogP contribution in [0.4, 0.5) is 0 Å². The highest BCUT2D eigenvalue weighted by Gasteiger charge is 2.17. The molecule has 0 aliphatic heterocycles. The summed E-state index contributed by atoms with van der Waals surface area (Å²) in [6.45, 7) is 0.649. The normalized spacial score (nSPS) is 11.4. The van der Waals surface area contributed by atoms with Crippen LogP contribution in [-0.2, 0) is 27.8 Å². The van der Waals surface area contributed by atoms with E-state index in [0.717, 1.165) is 11.8 Å². The number of sulfonamides is 1. The van der Waals surface area contributed by atoms with E-state index in [0.29, 0.717) is 5.69 Å². The monoisotopic (exact) mass is 347 g/mol. The summed E-state index contributed by atoms with van der Waals surface area (Å²) in [5, 5.41) is 2.75. The van der Waals surface area contributed by atoms with Crippen molar-refractivity contribution in [1.82, 2.24) is 14.6 Å². The van der Waals surface area contributed by atoms with Crippen LogP contribution in [0, 0.1) is 0 Å². The summed E-state index contributed by atoms with van der Waals surface area (Å²) in [5.41, 5.74) is 1.59. The zero-order valence-corrected chi connectivity index (χ0v) is 14.4. The molecular weight excluding hydrogens is 326 g/mol. The van der Waals surface area contributed by atoms with Crippen LogP contribution in [0.3, 0.4) is 0 Å². The first-order chi connectivity index (χ1) is 11.4. The van der Waals surface area contributed by atoms with Gasteiger partial charge in [0.1, 0.15) is 0 Å². The minimum absolute atomic E-state index is 0.132. The van der Waals surface area contributed by atoms with Crippen molar-refractivity contribution in [2.75, 3.05) is 19.3 Å². The molecule has 24 heavy (non-hydrogen) atoms. The van der Waals surface area contributed by atoms with Gasteiger partial charge in [0.2, 0.25) is 15.9 Å². The molecule has 128 valence electrons. The van der Waals surface area contributed by atoms with Crippen LogP contribution in [0.5, 0.6) is 0 Å². The summed E-state index contributed by atoms with van der Waals surface area (Å²) in [7, 11) is -3.38. The van der Waals surface area contributed by atoms with E-state index in [1.54, 1.807) is 18.3 Å². The molecule has 1 aromatic heterocycles. The standard InChI is InChI=1S/C17H21N3O3S/c1-24(22,23)20(14-16-9-5-6-10-18-16)12-11-19-17(21)13-15-7-3-2-4-8-15/h2-10H,11-14H2,1H3,(H,19,21). The summed E-state index contributed by atoms with van der Waals surface area (Å²) >= 11 is 0. The van der Waals surface area contributed by atoms with Gasteiger partial charge in [0, 0.05) is 19.3 Å². The molecule has 7 heteroatoms. The minimum Gasteiger partial charge on any atom is -0.354 e. The van der Waals surface area contributed by atoms with E-state index in [1.807, 2.05) is 36.4 Å². The van der Waals surface area contributed by atoms with Gasteiger partial charge in [-0.1, -0.05) is 36.4 Å². The topological polar surface area (TPSA) is 79.4 Å². The van der Waals surface area contributed by atoms with Crippen molar-refractivity contribution in [3.8, 4) is 0 Å². The fourth-order valence-corrected chi connectivity index (χ4v) is 2.99. The first kappa shape index (κ1) is 18.1. The van der Waals surface area contributed by atoms with E-state index >= 15 is 0 Å². The van der Waals surface area contributed by atoms with Crippen molar-refractivity contribution in [3.05, 3.63) is 66.0 Å². The predicted molar refractivity (Wildman–Crippen MR) is 92.6 cm³/mol. The Labute approximate surface area is 142 Å². The zero-order chi connectivity index (χ0) is 17.4. The third-order valence-corrected chi connectivity index (χ3v) is 4.67. The summed E-state index contributed by atoms with van der Waals surface area (Å²) < 4.78 is 25.1. The molecule has 0 spiro atoms. The van der Waals surface area contributed by atoms with Crippen LogP contribution in [0.15, 0.2) is 54.7 Å². The molecule has 0 fully saturated rings. The number of hydrogen-bond donors (Lipinski definition) is 1. The van der Waals surface area contributed by atoms with Crippen LogP contribution in [0.25, 0.3) is 0 Å². The zero-order valence-electron chi connectivity index (χ0n) is 13.6. The number of amides is 1. The molecular formula is C17H21N3O3S. The number of aromatic nitrogens is 1. The average molecular weight is 347 g/mol. The molecule has 1 aromatic carbocycles. The highest BCUT2D eigenvalue weighted by atomic mass is 32.2. The second kappa shape index (κ2) is 8.56. The van der Waals surface area contributed by atoms with Crippen LogP contribution < -0.4 is 5.32 Å². The molecule has 0 bridgehead atoms. The molecule has 1 heterocycles. The predicted octanol–water partition coefficient (Wildman–Crippen LogP) is 1.20. The van der Waals surface area contributed by atoms with Gasteiger partial charge >= 0.3 is 0 Å². The molecule has 0 radical (unpaired) electrons. The highest BCUT2D eigenvalue weighted by Crippen LogP contribution is 2.05. The van der Waals surface area contributed by atoms with E-state index < -0.39 is 10.0 Å². The van der Waals surface area contributed by atoms with E-state index in [9.17, 15) is 13.2 Å². The molecule has 0 atom stereocenters. The first-order valence-corrected chi connectivity index (χ1v) is 9.45. The largest absolute Gasteiger partial charge is 0.354 e.